The van der Waals surface area contributed by atoms with Gasteiger partial charge in [0.25, 0.3) is 0 Å². The Morgan fingerprint density at radius 3 is 2.60 bits per heavy atom. The molecule has 0 aliphatic heterocycles. The predicted octanol–water partition coefficient (Wildman–Crippen LogP) is 2.25. The molecule has 1 N–H and O–H groups in total. The molecule has 2 rings (SSSR count). The second-order valence-electron chi connectivity index (χ2n) is 3.12. The molecule has 0 saturated heterocycles. The van der Waals surface area contributed by atoms with Crippen molar-refractivity contribution in [3.05, 3.63) is 53.9 Å². The Bertz CT molecular complexity index is 459. The van der Waals surface area contributed by atoms with Crippen LogP contribution >= 0.6 is 0 Å². The third kappa shape index (κ3) is 1.76. The number of nitrogens with one attached hydrogen (secondary N) is 1. The molecule has 0 aliphatic rings. The number of hydrogen-bond acceptors (Lipinski definition) is 2. The molecule has 0 atom stereocenters. The van der Waals surface area contributed by atoms with Crippen LogP contribution in [0.3, 0.4) is 0 Å². The Balaban J connectivity index is 2.37. The first kappa shape index (κ1) is 9.52. The van der Waals surface area contributed by atoms with Gasteiger partial charge in [-0.3, -0.25) is 4.79 Å². The van der Waals surface area contributed by atoms with Gasteiger partial charge < -0.3 is 9.72 Å². The van der Waals surface area contributed by atoms with E-state index >= 15 is 0 Å². The Morgan fingerprint density at radius 2 is 1.93 bits per heavy atom. The number of rotatable bonds is 3. The topological polar surface area (TPSA) is 42.1 Å². The number of carbonyl (C=O) groups is 1. The van der Waals surface area contributed by atoms with E-state index in [2.05, 4.69) is 4.98 Å². The van der Waals surface area contributed by atoms with Crippen molar-refractivity contribution in [1.29, 1.82) is 0 Å². The fraction of sp³-hybridized carbons (Fsp3) is 0.0833. The fourth-order valence-electron chi connectivity index (χ4n) is 1.44. The summed E-state index contributed by atoms with van der Waals surface area (Å²) in [5.41, 5.74) is 1.14. The van der Waals surface area contributed by atoms with Crippen LogP contribution in [0, 0.1) is 0 Å². The number of ketones is 1. The number of hydrogen-bond donors (Lipinski definition) is 1. The lowest BCUT2D eigenvalue weighted by molar-refractivity contribution is 0.103. The first-order valence-electron chi connectivity index (χ1n) is 4.64. The molecule has 0 bridgehead atoms. The molecular weight excluding hydrogens is 190 g/mol. The standard InChI is InChI=1S/C12H11NO2/c1-15-10-7-8-13-11(10)12(14)9-5-3-2-4-6-9/h2-8,13H,1H3. The number of aromatic nitrogens is 1. The summed E-state index contributed by atoms with van der Waals surface area (Å²) in [6.07, 6.45) is 1.69. The maximum atomic E-state index is 12.0. The van der Waals surface area contributed by atoms with E-state index in [1.807, 2.05) is 18.2 Å². The van der Waals surface area contributed by atoms with Gasteiger partial charge in [-0.1, -0.05) is 30.3 Å². The molecular formula is C12H11NO2. The summed E-state index contributed by atoms with van der Waals surface area (Å²) in [4.78, 5) is 14.9. The molecule has 1 heterocycles. The van der Waals surface area contributed by atoms with E-state index in [-0.39, 0.29) is 5.78 Å². The lowest BCUT2D eigenvalue weighted by Gasteiger charge is -2.01. The van der Waals surface area contributed by atoms with Gasteiger partial charge in [0.2, 0.25) is 5.78 Å². The van der Waals surface area contributed by atoms with Gasteiger partial charge in [-0.25, -0.2) is 0 Å². The number of aromatic amines is 1. The molecule has 1 aromatic carbocycles. The van der Waals surface area contributed by atoms with Gasteiger partial charge in [-0.2, -0.15) is 0 Å². The number of H-pyrrole nitrogens is 1. The minimum absolute atomic E-state index is 0.0579. The predicted molar refractivity (Wildman–Crippen MR) is 57.2 cm³/mol. The van der Waals surface area contributed by atoms with E-state index in [9.17, 15) is 4.79 Å². The van der Waals surface area contributed by atoms with Crippen molar-refractivity contribution >= 4 is 5.78 Å². The number of benzene rings is 1. The van der Waals surface area contributed by atoms with Gasteiger partial charge in [0.15, 0.2) is 0 Å². The molecule has 2 aromatic rings. The number of methoxy groups -OCH3 is 1. The maximum Gasteiger partial charge on any atom is 0.212 e. The average Bonchev–Trinajstić information content (AvgIpc) is 2.77. The molecule has 3 heteroatoms. The van der Waals surface area contributed by atoms with Gasteiger partial charge >= 0.3 is 0 Å². The van der Waals surface area contributed by atoms with E-state index in [1.54, 1.807) is 31.5 Å². The Hall–Kier alpha value is -2.03. The molecule has 3 nitrogen and oxygen atoms in total. The van der Waals surface area contributed by atoms with Crippen LogP contribution in [-0.2, 0) is 0 Å². The quantitative estimate of drug-likeness (QED) is 0.774. The minimum atomic E-state index is -0.0579. The molecule has 0 saturated carbocycles. The van der Waals surface area contributed by atoms with Crippen LogP contribution in [0.25, 0.3) is 0 Å². The summed E-state index contributed by atoms with van der Waals surface area (Å²) in [6, 6.07) is 10.8. The largest absolute Gasteiger partial charge is 0.494 e. The molecule has 0 fully saturated rings. The molecule has 0 amide bonds. The Morgan fingerprint density at radius 1 is 1.20 bits per heavy atom. The molecule has 1 aromatic heterocycles. The van der Waals surface area contributed by atoms with Crippen molar-refractivity contribution in [2.75, 3.05) is 7.11 Å². The van der Waals surface area contributed by atoms with Gasteiger partial charge in [0.1, 0.15) is 11.4 Å². The average molecular weight is 201 g/mol. The summed E-state index contributed by atoms with van der Waals surface area (Å²) >= 11 is 0. The zero-order chi connectivity index (χ0) is 10.7. The fourth-order valence-corrected chi connectivity index (χ4v) is 1.44. The van der Waals surface area contributed by atoms with Gasteiger partial charge in [-0.05, 0) is 6.07 Å². The normalized spacial score (nSPS) is 9.93. The smallest absolute Gasteiger partial charge is 0.212 e. The van der Waals surface area contributed by atoms with Crippen LogP contribution in [0.1, 0.15) is 16.1 Å². The third-order valence-corrected chi connectivity index (χ3v) is 2.19. The summed E-state index contributed by atoms with van der Waals surface area (Å²) in [6.45, 7) is 0. The van der Waals surface area contributed by atoms with Crippen LogP contribution in [0.15, 0.2) is 42.6 Å². The van der Waals surface area contributed by atoms with Crippen molar-refractivity contribution in [1.82, 2.24) is 4.98 Å². The summed E-state index contributed by atoms with van der Waals surface area (Å²) in [5.74, 6) is 0.515. The van der Waals surface area contributed by atoms with Gasteiger partial charge in [0, 0.05) is 11.8 Å². The monoisotopic (exact) mass is 201 g/mol. The molecule has 0 radical (unpaired) electrons. The van der Waals surface area contributed by atoms with Crippen molar-refractivity contribution < 1.29 is 9.53 Å². The lowest BCUT2D eigenvalue weighted by atomic mass is 10.1. The zero-order valence-corrected chi connectivity index (χ0v) is 8.36. The summed E-state index contributed by atoms with van der Waals surface area (Å²) in [5, 5.41) is 0. The SMILES string of the molecule is COc1cc[nH]c1C(=O)c1ccccc1. The van der Waals surface area contributed by atoms with E-state index in [0.717, 1.165) is 0 Å². The van der Waals surface area contributed by atoms with Crippen molar-refractivity contribution in [2.24, 2.45) is 0 Å². The van der Waals surface area contributed by atoms with Gasteiger partial charge in [0.05, 0.1) is 7.11 Å². The van der Waals surface area contributed by atoms with E-state index in [1.165, 1.54) is 0 Å². The van der Waals surface area contributed by atoms with Gasteiger partial charge in [-0.15, -0.1) is 0 Å². The molecule has 0 aliphatic carbocycles. The highest BCUT2D eigenvalue weighted by atomic mass is 16.5. The van der Waals surface area contributed by atoms with E-state index < -0.39 is 0 Å². The lowest BCUT2D eigenvalue weighted by Crippen LogP contribution is -2.03. The molecule has 76 valence electrons. The molecule has 0 spiro atoms. The minimum Gasteiger partial charge on any atom is -0.494 e. The van der Waals surface area contributed by atoms with Crippen LogP contribution in [0.2, 0.25) is 0 Å². The van der Waals surface area contributed by atoms with E-state index in [4.69, 9.17) is 4.74 Å². The first-order chi connectivity index (χ1) is 7.33. The van der Waals surface area contributed by atoms with Crippen molar-refractivity contribution in [2.45, 2.75) is 0 Å². The highest BCUT2D eigenvalue weighted by Crippen LogP contribution is 2.19. The second-order valence-corrected chi connectivity index (χ2v) is 3.12. The van der Waals surface area contributed by atoms with Crippen molar-refractivity contribution in [3.8, 4) is 5.75 Å². The number of carbonyl (C=O) groups excluding carboxylic acids is 1. The Labute approximate surface area is 87.7 Å². The van der Waals surface area contributed by atoms with Crippen LogP contribution in [-0.4, -0.2) is 17.9 Å². The first-order valence-corrected chi connectivity index (χ1v) is 4.64. The van der Waals surface area contributed by atoms with Crippen LogP contribution in [0.5, 0.6) is 5.75 Å². The zero-order valence-electron chi connectivity index (χ0n) is 8.36. The Kier molecular flexibility index (Phi) is 2.54. The van der Waals surface area contributed by atoms with E-state index in [0.29, 0.717) is 17.0 Å². The van der Waals surface area contributed by atoms with Crippen LogP contribution < -0.4 is 4.74 Å². The molecule has 15 heavy (non-hydrogen) atoms. The number of ether oxygens (including phenoxy) is 1. The summed E-state index contributed by atoms with van der Waals surface area (Å²) in [7, 11) is 1.55. The molecule has 0 unspecified atom stereocenters. The van der Waals surface area contributed by atoms with Crippen molar-refractivity contribution in [3.63, 3.8) is 0 Å². The maximum absolute atomic E-state index is 12.0. The van der Waals surface area contributed by atoms with Crippen LogP contribution in [0.4, 0.5) is 0 Å². The second kappa shape index (κ2) is 4.00. The third-order valence-electron chi connectivity index (χ3n) is 2.19. The summed E-state index contributed by atoms with van der Waals surface area (Å²) < 4.78 is 5.08. The highest BCUT2D eigenvalue weighted by Gasteiger charge is 2.14. The highest BCUT2D eigenvalue weighted by molar-refractivity contribution is 6.09.